The molecule has 0 atom stereocenters. The van der Waals surface area contributed by atoms with Crippen LogP contribution in [0.5, 0.6) is 0 Å². The lowest BCUT2D eigenvalue weighted by Crippen LogP contribution is -2.44. The number of amides is 2. The predicted molar refractivity (Wildman–Crippen MR) is 98.9 cm³/mol. The molecule has 1 N–H and O–H groups in total. The van der Waals surface area contributed by atoms with Crippen molar-refractivity contribution in [3.63, 3.8) is 0 Å². The number of rotatable bonds is 3. The molecular formula is C19H29N3O3. The maximum absolute atomic E-state index is 12.1. The van der Waals surface area contributed by atoms with Crippen LogP contribution in [0.4, 0.5) is 10.5 Å². The fraction of sp³-hybridized carbons (Fsp3) is 0.579. The van der Waals surface area contributed by atoms with Crippen molar-refractivity contribution in [2.75, 3.05) is 32.5 Å². The predicted octanol–water partition coefficient (Wildman–Crippen LogP) is 3.20. The molecule has 25 heavy (non-hydrogen) atoms. The van der Waals surface area contributed by atoms with Crippen LogP contribution < -0.4 is 5.32 Å². The van der Waals surface area contributed by atoms with Gasteiger partial charge in [0.25, 0.3) is 5.91 Å². The summed E-state index contributed by atoms with van der Waals surface area (Å²) in [6.07, 6.45) is 1.51. The first-order chi connectivity index (χ1) is 11.7. The monoisotopic (exact) mass is 347 g/mol. The van der Waals surface area contributed by atoms with E-state index in [4.69, 9.17) is 4.74 Å². The maximum Gasteiger partial charge on any atom is 0.410 e. The summed E-state index contributed by atoms with van der Waals surface area (Å²) < 4.78 is 5.42. The molecule has 0 unspecified atom stereocenters. The van der Waals surface area contributed by atoms with Gasteiger partial charge in [0.05, 0.1) is 0 Å². The van der Waals surface area contributed by atoms with Crippen molar-refractivity contribution >= 4 is 17.7 Å². The summed E-state index contributed by atoms with van der Waals surface area (Å²) in [5, 5.41) is 3.48. The van der Waals surface area contributed by atoms with Crippen molar-refractivity contribution < 1.29 is 14.3 Å². The van der Waals surface area contributed by atoms with Gasteiger partial charge in [-0.2, -0.15) is 0 Å². The number of benzene rings is 1. The fourth-order valence-electron chi connectivity index (χ4n) is 2.74. The molecule has 138 valence electrons. The number of anilines is 1. The Morgan fingerprint density at radius 3 is 2.16 bits per heavy atom. The largest absolute Gasteiger partial charge is 0.444 e. The van der Waals surface area contributed by atoms with E-state index in [1.807, 2.05) is 45.0 Å². The molecular weight excluding hydrogens is 318 g/mol. The second-order valence-corrected chi connectivity index (χ2v) is 7.66. The van der Waals surface area contributed by atoms with Gasteiger partial charge in [-0.1, -0.05) is 0 Å². The Bertz CT molecular complexity index is 597. The molecule has 0 saturated carbocycles. The molecule has 2 rings (SSSR count). The third-order valence-electron chi connectivity index (χ3n) is 4.06. The molecule has 1 heterocycles. The first-order valence-electron chi connectivity index (χ1n) is 8.72. The van der Waals surface area contributed by atoms with Gasteiger partial charge < -0.3 is 19.9 Å². The molecule has 0 aliphatic carbocycles. The van der Waals surface area contributed by atoms with Crippen molar-refractivity contribution in [1.29, 1.82) is 0 Å². The number of hydrogen-bond donors (Lipinski definition) is 1. The molecule has 1 saturated heterocycles. The highest BCUT2D eigenvalue weighted by atomic mass is 16.6. The third-order valence-corrected chi connectivity index (χ3v) is 4.06. The molecule has 6 heteroatoms. The van der Waals surface area contributed by atoms with Crippen LogP contribution in [0, 0.1) is 0 Å². The quantitative estimate of drug-likeness (QED) is 0.912. The second-order valence-electron chi connectivity index (χ2n) is 7.66. The summed E-state index contributed by atoms with van der Waals surface area (Å²) in [5.41, 5.74) is 1.21. The first kappa shape index (κ1) is 19.1. The summed E-state index contributed by atoms with van der Waals surface area (Å²) in [7, 11) is 3.49. The molecule has 1 fully saturated rings. The van der Waals surface area contributed by atoms with Gasteiger partial charge in [0.2, 0.25) is 0 Å². The van der Waals surface area contributed by atoms with Gasteiger partial charge >= 0.3 is 6.09 Å². The van der Waals surface area contributed by atoms with Crippen molar-refractivity contribution in [1.82, 2.24) is 9.80 Å². The van der Waals surface area contributed by atoms with Crippen molar-refractivity contribution in [2.45, 2.75) is 45.3 Å². The van der Waals surface area contributed by atoms with E-state index >= 15 is 0 Å². The van der Waals surface area contributed by atoms with Crippen LogP contribution in [0.1, 0.15) is 44.0 Å². The summed E-state index contributed by atoms with van der Waals surface area (Å²) >= 11 is 0. The molecule has 1 aliphatic rings. The van der Waals surface area contributed by atoms with Gasteiger partial charge in [-0.05, 0) is 57.9 Å². The molecule has 0 spiro atoms. The van der Waals surface area contributed by atoms with Crippen LogP contribution in [-0.2, 0) is 4.74 Å². The number of carbonyl (C=O) groups excluding carboxylic acids is 2. The van der Waals surface area contributed by atoms with Crippen molar-refractivity contribution in [2.24, 2.45) is 0 Å². The number of carbonyl (C=O) groups is 2. The highest BCUT2D eigenvalue weighted by Gasteiger charge is 2.26. The number of ether oxygens (including phenoxy) is 1. The van der Waals surface area contributed by atoms with Crippen LogP contribution in [-0.4, -0.2) is 60.6 Å². The van der Waals surface area contributed by atoms with Gasteiger partial charge in [0.15, 0.2) is 0 Å². The van der Waals surface area contributed by atoms with E-state index in [9.17, 15) is 9.59 Å². The van der Waals surface area contributed by atoms with Crippen LogP contribution in [0.15, 0.2) is 24.3 Å². The molecule has 0 radical (unpaired) electrons. The average Bonchev–Trinajstić information content (AvgIpc) is 2.54. The van der Waals surface area contributed by atoms with E-state index in [0.29, 0.717) is 24.7 Å². The number of piperidine rings is 1. The van der Waals surface area contributed by atoms with E-state index < -0.39 is 5.60 Å². The summed E-state index contributed by atoms with van der Waals surface area (Å²) in [6, 6.07) is 7.84. The van der Waals surface area contributed by atoms with Crippen molar-refractivity contribution in [3.05, 3.63) is 29.8 Å². The summed E-state index contributed by atoms with van der Waals surface area (Å²) in [4.78, 5) is 27.3. The lowest BCUT2D eigenvalue weighted by atomic mass is 10.0. The average molecular weight is 347 g/mol. The van der Waals surface area contributed by atoms with Gasteiger partial charge in [0, 0.05) is 44.5 Å². The molecule has 1 aromatic rings. The van der Waals surface area contributed by atoms with E-state index in [-0.39, 0.29) is 12.0 Å². The second kappa shape index (κ2) is 7.76. The Morgan fingerprint density at radius 2 is 1.68 bits per heavy atom. The third kappa shape index (κ3) is 5.66. The highest BCUT2D eigenvalue weighted by molar-refractivity contribution is 5.94. The van der Waals surface area contributed by atoms with Gasteiger partial charge in [0.1, 0.15) is 5.60 Å². The van der Waals surface area contributed by atoms with E-state index in [2.05, 4.69) is 5.32 Å². The number of likely N-dealkylation sites (tertiary alicyclic amines) is 1. The molecule has 0 bridgehead atoms. The Balaban J connectivity index is 1.84. The maximum atomic E-state index is 12.1. The van der Waals surface area contributed by atoms with Crippen LogP contribution in [0.25, 0.3) is 0 Å². The summed E-state index contributed by atoms with van der Waals surface area (Å²) in [6.45, 7) is 7.01. The zero-order valence-corrected chi connectivity index (χ0v) is 15.8. The number of hydrogen-bond acceptors (Lipinski definition) is 4. The Hall–Kier alpha value is -2.24. The van der Waals surface area contributed by atoms with Crippen LogP contribution in [0.3, 0.4) is 0 Å². The Labute approximate surface area is 150 Å². The summed E-state index contributed by atoms with van der Waals surface area (Å²) in [5.74, 6) is -0.00258. The lowest BCUT2D eigenvalue weighted by Gasteiger charge is -2.34. The SMILES string of the molecule is CN(C)C(=O)c1ccc(NC2CCN(C(=O)OC(C)(C)C)CC2)cc1. The standard InChI is InChI=1S/C19H29N3O3/c1-19(2,3)25-18(24)22-12-10-16(11-13-22)20-15-8-6-14(7-9-15)17(23)21(4)5/h6-9,16,20H,10-13H2,1-5H3. The first-order valence-corrected chi connectivity index (χ1v) is 8.72. The molecule has 1 aliphatic heterocycles. The van der Waals surface area contributed by atoms with Gasteiger partial charge in [-0.15, -0.1) is 0 Å². The minimum atomic E-state index is -0.460. The lowest BCUT2D eigenvalue weighted by molar-refractivity contribution is 0.0210. The van der Waals surface area contributed by atoms with E-state index in [1.54, 1.807) is 23.9 Å². The number of nitrogens with one attached hydrogen (secondary N) is 1. The Morgan fingerprint density at radius 1 is 1.12 bits per heavy atom. The van der Waals surface area contributed by atoms with Crippen LogP contribution >= 0.6 is 0 Å². The zero-order chi connectivity index (χ0) is 18.6. The van der Waals surface area contributed by atoms with Gasteiger partial charge in [-0.3, -0.25) is 4.79 Å². The highest BCUT2D eigenvalue weighted by Crippen LogP contribution is 2.19. The zero-order valence-electron chi connectivity index (χ0n) is 15.8. The fourth-order valence-corrected chi connectivity index (χ4v) is 2.74. The van der Waals surface area contributed by atoms with Crippen LogP contribution in [0.2, 0.25) is 0 Å². The molecule has 2 amide bonds. The minimum Gasteiger partial charge on any atom is -0.444 e. The minimum absolute atomic E-state index is 0.00258. The normalized spacial score (nSPS) is 15.6. The topological polar surface area (TPSA) is 61.9 Å². The van der Waals surface area contributed by atoms with E-state index in [0.717, 1.165) is 18.5 Å². The Kier molecular flexibility index (Phi) is 5.93. The molecule has 6 nitrogen and oxygen atoms in total. The molecule has 1 aromatic carbocycles. The van der Waals surface area contributed by atoms with E-state index in [1.165, 1.54) is 0 Å². The molecule has 0 aromatic heterocycles. The van der Waals surface area contributed by atoms with Crippen molar-refractivity contribution in [3.8, 4) is 0 Å². The smallest absolute Gasteiger partial charge is 0.410 e. The van der Waals surface area contributed by atoms with Gasteiger partial charge in [-0.25, -0.2) is 4.79 Å². The number of nitrogens with zero attached hydrogens (tertiary/aromatic N) is 2.